The molecule has 0 aromatic carbocycles. The first-order chi connectivity index (χ1) is 7.93. The molecular formula is C10H18O7. The van der Waals surface area contributed by atoms with Crippen LogP contribution in [0.15, 0.2) is 0 Å². The molecule has 0 spiro atoms. The molecule has 0 bridgehead atoms. The van der Waals surface area contributed by atoms with E-state index in [-0.39, 0.29) is 6.42 Å². The Labute approximate surface area is 98.3 Å². The van der Waals surface area contributed by atoms with Crippen LogP contribution in [-0.4, -0.2) is 68.6 Å². The second-order valence-corrected chi connectivity index (χ2v) is 4.15. The van der Waals surface area contributed by atoms with Crippen molar-refractivity contribution in [1.82, 2.24) is 0 Å². The predicted octanol–water partition coefficient (Wildman–Crippen LogP) is -2.06. The van der Waals surface area contributed by atoms with Crippen molar-refractivity contribution in [2.24, 2.45) is 5.92 Å². The SMILES string of the molecule is CCC(C(=O)O)[C@H]1O[C@H](CO)[C@H](O)[C@H](O)[C@H]1O. The molecule has 100 valence electrons. The normalized spacial score (nSPS) is 39.9. The van der Waals surface area contributed by atoms with Crippen LogP contribution >= 0.6 is 0 Å². The monoisotopic (exact) mass is 250 g/mol. The summed E-state index contributed by atoms with van der Waals surface area (Å²) in [5.41, 5.74) is 0. The van der Waals surface area contributed by atoms with E-state index in [0.29, 0.717) is 0 Å². The van der Waals surface area contributed by atoms with Crippen LogP contribution in [0.4, 0.5) is 0 Å². The molecule has 1 heterocycles. The van der Waals surface area contributed by atoms with Crippen molar-refractivity contribution in [3.05, 3.63) is 0 Å². The number of ether oxygens (including phenoxy) is 1. The van der Waals surface area contributed by atoms with Crippen molar-refractivity contribution in [1.29, 1.82) is 0 Å². The summed E-state index contributed by atoms with van der Waals surface area (Å²) in [6, 6.07) is 0. The fourth-order valence-corrected chi connectivity index (χ4v) is 2.01. The van der Waals surface area contributed by atoms with E-state index >= 15 is 0 Å². The van der Waals surface area contributed by atoms with Gasteiger partial charge in [0.05, 0.1) is 18.6 Å². The summed E-state index contributed by atoms with van der Waals surface area (Å²) in [7, 11) is 0. The third-order valence-electron chi connectivity index (χ3n) is 3.08. The largest absolute Gasteiger partial charge is 0.481 e. The standard InChI is InChI=1S/C10H18O7/c1-2-4(10(15)16)9-8(14)7(13)6(12)5(3-11)17-9/h4-9,11-14H,2-3H2,1H3,(H,15,16)/t4?,5-,6+,7+,8-,9-/m1/s1. The third-order valence-corrected chi connectivity index (χ3v) is 3.08. The van der Waals surface area contributed by atoms with Crippen molar-refractivity contribution < 1.29 is 35.1 Å². The summed E-state index contributed by atoms with van der Waals surface area (Å²) in [6.07, 6.45) is -6.48. The molecule has 7 heteroatoms. The van der Waals surface area contributed by atoms with E-state index in [1.807, 2.05) is 0 Å². The van der Waals surface area contributed by atoms with Gasteiger partial charge in [-0.25, -0.2) is 0 Å². The maximum Gasteiger partial charge on any atom is 0.309 e. The lowest BCUT2D eigenvalue weighted by Crippen LogP contribution is -2.61. The zero-order valence-electron chi connectivity index (χ0n) is 9.43. The summed E-state index contributed by atoms with van der Waals surface area (Å²) >= 11 is 0. The molecule has 5 N–H and O–H groups in total. The number of carboxylic acid groups (broad SMARTS) is 1. The number of aliphatic hydroxyl groups excluding tert-OH is 4. The Hall–Kier alpha value is -0.730. The van der Waals surface area contributed by atoms with Crippen molar-refractivity contribution in [2.75, 3.05) is 6.61 Å². The van der Waals surface area contributed by atoms with Gasteiger partial charge in [0.1, 0.15) is 24.4 Å². The summed E-state index contributed by atoms with van der Waals surface area (Å²) in [5.74, 6) is -2.15. The molecule has 1 aliphatic heterocycles. The Morgan fingerprint density at radius 3 is 2.24 bits per heavy atom. The van der Waals surface area contributed by atoms with Gasteiger partial charge >= 0.3 is 5.97 Å². The molecule has 0 radical (unpaired) electrons. The number of aliphatic hydroxyl groups is 4. The topological polar surface area (TPSA) is 127 Å². The maximum absolute atomic E-state index is 11.0. The van der Waals surface area contributed by atoms with Crippen molar-refractivity contribution >= 4 is 5.97 Å². The lowest BCUT2D eigenvalue weighted by atomic mass is 9.86. The smallest absolute Gasteiger partial charge is 0.309 e. The molecule has 0 aromatic rings. The van der Waals surface area contributed by atoms with E-state index in [0.717, 1.165) is 0 Å². The molecule has 0 aliphatic carbocycles. The van der Waals surface area contributed by atoms with Crippen molar-refractivity contribution in [3.63, 3.8) is 0 Å². The summed E-state index contributed by atoms with van der Waals surface area (Å²) < 4.78 is 5.15. The number of hydrogen-bond donors (Lipinski definition) is 5. The van der Waals surface area contributed by atoms with E-state index in [9.17, 15) is 20.1 Å². The molecule has 1 unspecified atom stereocenters. The second-order valence-electron chi connectivity index (χ2n) is 4.15. The van der Waals surface area contributed by atoms with Crippen LogP contribution in [0.5, 0.6) is 0 Å². The van der Waals surface area contributed by atoms with Crippen LogP contribution in [0.25, 0.3) is 0 Å². The third kappa shape index (κ3) is 2.75. The average Bonchev–Trinajstić information content (AvgIpc) is 2.29. The number of rotatable bonds is 4. The minimum absolute atomic E-state index is 0.206. The molecular weight excluding hydrogens is 232 g/mol. The van der Waals surface area contributed by atoms with E-state index in [2.05, 4.69) is 0 Å². The Kier molecular flexibility index (Phi) is 4.84. The minimum atomic E-state index is -1.53. The van der Waals surface area contributed by atoms with Gasteiger partial charge in [-0.15, -0.1) is 0 Å². The molecule has 0 saturated carbocycles. The lowest BCUT2D eigenvalue weighted by Gasteiger charge is -2.41. The van der Waals surface area contributed by atoms with Crippen LogP contribution in [0.2, 0.25) is 0 Å². The molecule has 1 aliphatic rings. The number of carbonyl (C=O) groups is 1. The Bertz CT molecular complexity index is 267. The molecule has 1 fully saturated rings. The molecule has 0 amide bonds. The van der Waals surface area contributed by atoms with Crippen LogP contribution < -0.4 is 0 Å². The zero-order valence-corrected chi connectivity index (χ0v) is 9.43. The molecule has 17 heavy (non-hydrogen) atoms. The predicted molar refractivity (Wildman–Crippen MR) is 55.2 cm³/mol. The van der Waals surface area contributed by atoms with Crippen molar-refractivity contribution in [2.45, 2.75) is 43.9 Å². The van der Waals surface area contributed by atoms with Gasteiger partial charge in [-0.1, -0.05) is 6.92 Å². The molecule has 0 aromatic heterocycles. The van der Waals surface area contributed by atoms with E-state index in [4.69, 9.17) is 14.9 Å². The molecule has 1 rings (SSSR count). The highest BCUT2D eigenvalue weighted by Gasteiger charge is 2.47. The fraction of sp³-hybridized carbons (Fsp3) is 0.900. The van der Waals surface area contributed by atoms with Crippen LogP contribution in [0.1, 0.15) is 13.3 Å². The molecule has 1 saturated heterocycles. The van der Waals surface area contributed by atoms with E-state index in [1.165, 1.54) is 0 Å². The van der Waals surface area contributed by atoms with Gasteiger partial charge in [0.15, 0.2) is 0 Å². The highest BCUT2D eigenvalue weighted by atomic mass is 16.5. The average molecular weight is 250 g/mol. The molecule has 7 nitrogen and oxygen atoms in total. The molecule has 6 atom stereocenters. The summed E-state index contributed by atoms with van der Waals surface area (Å²) in [6.45, 7) is 1.05. The summed E-state index contributed by atoms with van der Waals surface area (Å²) in [4.78, 5) is 11.0. The quantitative estimate of drug-likeness (QED) is 0.388. The van der Waals surface area contributed by atoms with Crippen LogP contribution in [-0.2, 0) is 9.53 Å². The van der Waals surface area contributed by atoms with Crippen molar-refractivity contribution in [3.8, 4) is 0 Å². The Morgan fingerprint density at radius 2 is 1.82 bits per heavy atom. The van der Waals surface area contributed by atoms with Gasteiger partial charge in [0.25, 0.3) is 0 Å². The first-order valence-corrected chi connectivity index (χ1v) is 5.47. The first-order valence-electron chi connectivity index (χ1n) is 5.47. The second kappa shape index (κ2) is 5.74. The lowest BCUT2D eigenvalue weighted by molar-refractivity contribution is -0.242. The zero-order chi connectivity index (χ0) is 13.2. The Morgan fingerprint density at radius 1 is 1.24 bits per heavy atom. The first kappa shape index (κ1) is 14.3. The number of hydrogen-bond acceptors (Lipinski definition) is 6. The summed E-state index contributed by atoms with van der Waals surface area (Å²) in [5, 5.41) is 46.6. The van der Waals surface area contributed by atoms with Crippen LogP contribution in [0, 0.1) is 5.92 Å². The maximum atomic E-state index is 11.0. The Balaban J connectivity index is 2.87. The van der Waals surface area contributed by atoms with Gasteiger partial charge in [-0.2, -0.15) is 0 Å². The number of aliphatic carboxylic acids is 1. The van der Waals surface area contributed by atoms with Gasteiger partial charge < -0.3 is 30.3 Å². The van der Waals surface area contributed by atoms with Gasteiger partial charge in [0.2, 0.25) is 0 Å². The highest BCUT2D eigenvalue weighted by molar-refractivity contribution is 5.70. The van der Waals surface area contributed by atoms with E-state index < -0.39 is 49.0 Å². The van der Waals surface area contributed by atoms with Crippen LogP contribution in [0.3, 0.4) is 0 Å². The van der Waals surface area contributed by atoms with Gasteiger partial charge in [-0.05, 0) is 6.42 Å². The highest BCUT2D eigenvalue weighted by Crippen LogP contribution is 2.27. The van der Waals surface area contributed by atoms with Gasteiger partial charge in [-0.3, -0.25) is 4.79 Å². The number of carboxylic acids is 1. The minimum Gasteiger partial charge on any atom is -0.481 e. The fourth-order valence-electron chi connectivity index (χ4n) is 2.01. The van der Waals surface area contributed by atoms with E-state index in [1.54, 1.807) is 6.92 Å². The van der Waals surface area contributed by atoms with Gasteiger partial charge in [0, 0.05) is 0 Å².